The Balaban J connectivity index is 3.22. The highest BCUT2D eigenvalue weighted by Crippen LogP contribution is 2.22. The highest BCUT2D eigenvalue weighted by Gasteiger charge is 2.13. The van der Waals surface area contributed by atoms with Gasteiger partial charge in [0.1, 0.15) is 0 Å². The van der Waals surface area contributed by atoms with Crippen LogP contribution in [0.2, 0.25) is 0 Å². The normalized spacial score (nSPS) is 9.73. The molecule has 0 aromatic heterocycles. The van der Waals surface area contributed by atoms with E-state index in [9.17, 15) is 9.59 Å². The predicted molar refractivity (Wildman–Crippen MR) is 59.2 cm³/mol. The molecule has 1 rings (SSSR count). The number of nitrogens with zero attached hydrogens (tertiary/aromatic N) is 1. The molecule has 15 heavy (non-hydrogen) atoms. The maximum Gasteiger partial charge on any atom is 0.335 e. The quantitative estimate of drug-likeness (QED) is 0.667. The Bertz CT molecular complexity index is 420. The first kappa shape index (κ1) is 11.4. The van der Waals surface area contributed by atoms with Crippen LogP contribution in [0.15, 0.2) is 18.2 Å². The second-order valence-corrected chi connectivity index (χ2v) is 3.36. The molecule has 0 fully saturated rings. The summed E-state index contributed by atoms with van der Waals surface area (Å²) in [5.74, 6) is -1.07. The number of amides is 2. The first-order valence-corrected chi connectivity index (χ1v) is 4.46. The fraction of sp³-hybridized carbons (Fsp3) is 0.111. The number of nitrogens with two attached hydrogens (primary N) is 1. The van der Waals surface area contributed by atoms with Crippen LogP contribution >= 0.6 is 12.8 Å². The van der Waals surface area contributed by atoms with Gasteiger partial charge in [0.25, 0.3) is 0 Å². The third kappa shape index (κ3) is 2.41. The van der Waals surface area contributed by atoms with Gasteiger partial charge in [0, 0.05) is 0 Å². The number of carbonyl (C=O) groups is 2. The molecule has 0 radical (unpaired) electrons. The van der Waals surface area contributed by atoms with Crippen molar-refractivity contribution in [1.82, 2.24) is 0 Å². The maximum absolute atomic E-state index is 10.9. The van der Waals surface area contributed by atoms with Gasteiger partial charge < -0.3 is 10.8 Å². The number of primary amides is 1. The van der Waals surface area contributed by atoms with Gasteiger partial charge >= 0.3 is 12.0 Å². The topological polar surface area (TPSA) is 83.6 Å². The molecule has 0 aliphatic rings. The first-order valence-electron chi connectivity index (χ1n) is 4.06. The van der Waals surface area contributed by atoms with Crippen LogP contribution in [-0.2, 0) is 0 Å². The number of carbonyl (C=O) groups excluding carboxylic acids is 1. The first-order chi connectivity index (χ1) is 6.93. The number of benzene rings is 1. The van der Waals surface area contributed by atoms with Crippen molar-refractivity contribution >= 4 is 30.5 Å². The van der Waals surface area contributed by atoms with E-state index in [1.807, 2.05) is 0 Å². The molecule has 0 unspecified atom stereocenters. The summed E-state index contributed by atoms with van der Waals surface area (Å²) >= 11 is 3.87. The minimum atomic E-state index is -1.07. The van der Waals surface area contributed by atoms with E-state index in [4.69, 9.17) is 10.8 Å². The molecule has 3 N–H and O–H groups in total. The second-order valence-electron chi connectivity index (χ2n) is 2.96. The highest BCUT2D eigenvalue weighted by atomic mass is 32.1. The lowest BCUT2D eigenvalue weighted by Crippen LogP contribution is -2.27. The molecule has 0 spiro atoms. The Kier molecular flexibility index (Phi) is 3.21. The van der Waals surface area contributed by atoms with Crippen molar-refractivity contribution in [2.24, 2.45) is 5.73 Å². The molecule has 0 saturated heterocycles. The molecule has 80 valence electrons. The standard InChI is InChI=1S/C9H10N2O3S/c1-5-2-3-6(8(12)13)4-7(5)11(15)9(10)14/h2-4,15H,1H3,(H2,10,14)(H,12,13). The van der Waals surface area contributed by atoms with Crippen LogP contribution in [0.1, 0.15) is 15.9 Å². The van der Waals surface area contributed by atoms with Gasteiger partial charge in [0.05, 0.1) is 11.3 Å². The number of rotatable bonds is 2. The number of thiol groups is 1. The molecular formula is C9H10N2O3S. The third-order valence-corrected chi connectivity index (χ3v) is 2.31. The predicted octanol–water partition coefficient (Wildman–Crippen LogP) is 1.42. The average Bonchev–Trinajstić information content (AvgIpc) is 2.16. The smallest absolute Gasteiger partial charge is 0.335 e. The summed E-state index contributed by atoms with van der Waals surface area (Å²) in [7, 11) is 0. The van der Waals surface area contributed by atoms with Gasteiger partial charge in [-0.2, -0.15) is 0 Å². The molecule has 1 aromatic rings. The Morgan fingerprint density at radius 3 is 2.53 bits per heavy atom. The third-order valence-electron chi connectivity index (χ3n) is 1.89. The van der Waals surface area contributed by atoms with Gasteiger partial charge in [0.2, 0.25) is 0 Å². The van der Waals surface area contributed by atoms with E-state index in [-0.39, 0.29) is 5.56 Å². The van der Waals surface area contributed by atoms with E-state index in [1.165, 1.54) is 12.1 Å². The van der Waals surface area contributed by atoms with Crippen LogP contribution in [-0.4, -0.2) is 17.1 Å². The van der Waals surface area contributed by atoms with Gasteiger partial charge in [-0.1, -0.05) is 18.9 Å². The number of hydrogen-bond acceptors (Lipinski definition) is 3. The number of carboxylic acid groups (broad SMARTS) is 1. The number of hydrogen-bond donors (Lipinski definition) is 3. The molecule has 0 saturated carbocycles. The summed E-state index contributed by atoms with van der Waals surface area (Å²) in [6.45, 7) is 1.73. The zero-order chi connectivity index (χ0) is 11.6. The van der Waals surface area contributed by atoms with Crippen LogP contribution < -0.4 is 10.0 Å². The van der Waals surface area contributed by atoms with Crippen LogP contribution in [0.4, 0.5) is 10.5 Å². The molecule has 0 aliphatic heterocycles. The summed E-state index contributed by atoms with van der Waals surface area (Å²) in [6, 6.07) is 3.62. The lowest BCUT2D eigenvalue weighted by atomic mass is 10.1. The van der Waals surface area contributed by atoms with Crippen molar-refractivity contribution in [3.05, 3.63) is 29.3 Å². The Labute approximate surface area is 92.0 Å². The number of aromatic carboxylic acids is 1. The molecule has 0 aliphatic carbocycles. The fourth-order valence-electron chi connectivity index (χ4n) is 1.09. The SMILES string of the molecule is Cc1ccc(C(=O)O)cc1N(S)C(N)=O. The number of anilines is 1. The molecule has 0 heterocycles. The van der Waals surface area contributed by atoms with E-state index < -0.39 is 12.0 Å². The largest absolute Gasteiger partial charge is 0.478 e. The Morgan fingerprint density at radius 2 is 2.07 bits per heavy atom. The molecule has 5 nitrogen and oxygen atoms in total. The fourth-order valence-corrected chi connectivity index (χ4v) is 1.30. The summed E-state index contributed by atoms with van der Waals surface area (Å²) in [6.07, 6.45) is 0. The van der Waals surface area contributed by atoms with Crippen molar-refractivity contribution in [2.75, 3.05) is 4.31 Å². The van der Waals surface area contributed by atoms with Gasteiger partial charge in [0.15, 0.2) is 0 Å². The second kappa shape index (κ2) is 4.22. The number of carboxylic acids is 1. The monoisotopic (exact) mass is 226 g/mol. The van der Waals surface area contributed by atoms with Crippen molar-refractivity contribution in [3.63, 3.8) is 0 Å². The van der Waals surface area contributed by atoms with Crippen molar-refractivity contribution in [1.29, 1.82) is 0 Å². The highest BCUT2D eigenvalue weighted by molar-refractivity contribution is 7.82. The summed E-state index contributed by atoms with van der Waals surface area (Å²) < 4.78 is 0.905. The molecule has 1 aromatic carbocycles. The molecule has 0 bridgehead atoms. The van der Waals surface area contributed by atoms with Gasteiger partial charge in [-0.05, 0) is 24.6 Å². The van der Waals surface area contributed by atoms with E-state index >= 15 is 0 Å². The zero-order valence-corrected chi connectivity index (χ0v) is 8.86. The van der Waals surface area contributed by atoms with Crippen LogP contribution in [0.3, 0.4) is 0 Å². The zero-order valence-electron chi connectivity index (χ0n) is 7.97. The summed E-state index contributed by atoms with van der Waals surface area (Å²) in [5, 5.41) is 8.76. The van der Waals surface area contributed by atoms with E-state index in [0.717, 1.165) is 4.31 Å². The van der Waals surface area contributed by atoms with E-state index in [0.29, 0.717) is 11.3 Å². The lowest BCUT2D eigenvalue weighted by molar-refractivity contribution is 0.0697. The molecular weight excluding hydrogens is 216 g/mol. The van der Waals surface area contributed by atoms with Crippen LogP contribution in [0.5, 0.6) is 0 Å². The van der Waals surface area contributed by atoms with Crippen LogP contribution in [0.25, 0.3) is 0 Å². The van der Waals surface area contributed by atoms with Gasteiger partial charge in [-0.25, -0.2) is 13.9 Å². The van der Waals surface area contributed by atoms with Crippen molar-refractivity contribution < 1.29 is 14.7 Å². The van der Waals surface area contributed by atoms with Gasteiger partial charge in [-0.15, -0.1) is 0 Å². The maximum atomic E-state index is 10.9. The molecule has 2 amide bonds. The van der Waals surface area contributed by atoms with Crippen molar-refractivity contribution in [2.45, 2.75) is 6.92 Å². The molecule has 6 heteroatoms. The number of aryl methyl sites for hydroxylation is 1. The van der Waals surface area contributed by atoms with E-state index in [2.05, 4.69) is 12.8 Å². The minimum Gasteiger partial charge on any atom is -0.478 e. The minimum absolute atomic E-state index is 0.0795. The molecule has 0 atom stereocenters. The van der Waals surface area contributed by atoms with E-state index in [1.54, 1.807) is 13.0 Å². The number of urea groups is 1. The Morgan fingerprint density at radius 1 is 1.47 bits per heavy atom. The van der Waals surface area contributed by atoms with Gasteiger partial charge in [-0.3, -0.25) is 0 Å². The van der Waals surface area contributed by atoms with Crippen LogP contribution in [0, 0.1) is 6.92 Å². The summed E-state index contributed by atoms with van der Waals surface area (Å²) in [5.41, 5.74) is 6.19. The summed E-state index contributed by atoms with van der Waals surface area (Å²) in [4.78, 5) is 21.6. The van der Waals surface area contributed by atoms with Crippen molar-refractivity contribution in [3.8, 4) is 0 Å². The lowest BCUT2D eigenvalue weighted by Gasteiger charge is -2.15. The average molecular weight is 226 g/mol. The Hall–Kier alpha value is -1.69.